The van der Waals surface area contributed by atoms with Gasteiger partial charge in [0, 0.05) is 10.4 Å². The maximum absolute atomic E-state index is 15.2. The minimum atomic E-state index is -4.13. The highest BCUT2D eigenvalue weighted by Crippen LogP contribution is 2.39. The van der Waals surface area contributed by atoms with Gasteiger partial charge in [-0.2, -0.15) is 0 Å². The maximum Gasteiger partial charge on any atom is 0.250 e. The van der Waals surface area contributed by atoms with E-state index in [1.54, 1.807) is 24.3 Å². The van der Waals surface area contributed by atoms with Crippen LogP contribution in [0.1, 0.15) is 39.1 Å². The maximum atomic E-state index is 15.2. The molecular weight excluding hydrogens is 483 g/mol. The summed E-state index contributed by atoms with van der Waals surface area (Å²) in [7, 11) is -4.13. The first-order chi connectivity index (χ1) is 15.8. The van der Waals surface area contributed by atoms with Crippen molar-refractivity contribution in [3.63, 3.8) is 0 Å². The van der Waals surface area contributed by atoms with Crippen LogP contribution in [0.15, 0.2) is 45.7 Å². The first-order valence-electron chi connectivity index (χ1n) is 10.5. The number of carbonyl (C=O) groups is 1. The number of amides is 1. The van der Waals surface area contributed by atoms with Gasteiger partial charge in [0.25, 0.3) is 5.89 Å². The summed E-state index contributed by atoms with van der Waals surface area (Å²) in [6, 6.07) is 7.53. The summed E-state index contributed by atoms with van der Waals surface area (Å²) in [5.74, 6) is -1.31. The summed E-state index contributed by atoms with van der Waals surface area (Å²) in [6.07, 6.45) is 0. The van der Waals surface area contributed by atoms with Crippen LogP contribution in [0.4, 0.5) is 10.1 Å². The molecule has 2 aromatic carbocycles. The average molecular weight is 507 g/mol. The molecule has 0 saturated carbocycles. The summed E-state index contributed by atoms with van der Waals surface area (Å²) >= 11 is 5.97. The first kappa shape index (κ1) is 24.3. The van der Waals surface area contributed by atoms with Gasteiger partial charge in [0.1, 0.15) is 11.9 Å². The van der Waals surface area contributed by atoms with Crippen LogP contribution in [0.25, 0.3) is 11.5 Å². The molecule has 1 aromatic heterocycles. The van der Waals surface area contributed by atoms with Crippen molar-refractivity contribution < 1.29 is 22.0 Å². The van der Waals surface area contributed by atoms with Crippen LogP contribution >= 0.6 is 11.6 Å². The summed E-state index contributed by atoms with van der Waals surface area (Å²) < 4.78 is 47.4. The fourth-order valence-electron chi connectivity index (χ4n) is 3.61. The van der Waals surface area contributed by atoms with E-state index in [9.17, 15) is 13.2 Å². The van der Waals surface area contributed by atoms with Crippen LogP contribution in [-0.2, 0) is 26.6 Å². The number of benzene rings is 2. The first-order valence-corrected chi connectivity index (χ1v) is 12.5. The molecule has 0 spiro atoms. The zero-order valence-corrected chi connectivity index (χ0v) is 20.6. The zero-order chi connectivity index (χ0) is 25.0. The Kier molecular flexibility index (Phi) is 6.03. The predicted octanol–water partition coefficient (Wildman–Crippen LogP) is 3.86. The van der Waals surface area contributed by atoms with Gasteiger partial charge >= 0.3 is 0 Å². The van der Waals surface area contributed by atoms with Gasteiger partial charge in [0.15, 0.2) is 9.84 Å². The van der Waals surface area contributed by atoms with Gasteiger partial charge in [-0.05, 0) is 36.8 Å². The molecular formula is C23H24ClFN4O4S. The quantitative estimate of drug-likeness (QED) is 0.572. The number of carbonyl (C=O) groups excluding carboxylic acids is 1. The summed E-state index contributed by atoms with van der Waals surface area (Å²) in [6.45, 7) is 6.92. The number of anilines is 1. The van der Waals surface area contributed by atoms with E-state index < -0.39 is 38.3 Å². The summed E-state index contributed by atoms with van der Waals surface area (Å²) in [5.41, 5.74) is 6.14. The normalized spacial score (nSPS) is 20.2. The van der Waals surface area contributed by atoms with Crippen molar-refractivity contribution in [3.05, 3.63) is 58.7 Å². The van der Waals surface area contributed by atoms with Gasteiger partial charge in [0.2, 0.25) is 11.8 Å². The van der Waals surface area contributed by atoms with Crippen LogP contribution in [0.2, 0.25) is 5.02 Å². The number of fused-ring (bicyclic) bond motifs is 1. The molecule has 2 heterocycles. The van der Waals surface area contributed by atoms with Gasteiger partial charge in [-0.15, -0.1) is 10.2 Å². The van der Waals surface area contributed by atoms with Crippen molar-refractivity contribution in [1.29, 1.82) is 0 Å². The molecule has 1 aliphatic heterocycles. The van der Waals surface area contributed by atoms with E-state index in [2.05, 4.69) is 10.2 Å². The van der Waals surface area contributed by atoms with Crippen LogP contribution in [0.3, 0.4) is 0 Å². The highest BCUT2D eigenvalue weighted by atomic mass is 35.5. The predicted molar refractivity (Wildman–Crippen MR) is 126 cm³/mol. The third-order valence-corrected chi connectivity index (χ3v) is 8.21. The van der Waals surface area contributed by atoms with Crippen LogP contribution in [0, 0.1) is 5.82 Å². The number of nitrogens with zero attached hydrogens (tertiary/aromatic N) is 3. The van der Waals surface area contributed by atoms with Crippen molar-refractivity contribution in [1.82, 2.24) is 10.2 Å². The Hall–Kier alpha value is -2.82. The lowest BCUT2D eigenvalue weighted by atomic mass is 9.97. The molecule has 0 fully saturated rings. The van der Waals surface area contributed by atoms with E-state index in [4.69, 9.17) is 21.8 Å². The van der Waals surface area contributed by atoms with Crippen molar-refractivity contribution >= 4 is 33.0 Å². The minimum absolute atomic E-state index is 0.00108. The number of sulfone groups is 1. The zero-order valence-electron chi connectivity index (χ0n) is 19.0. The number of nitrogens with two attached hydrogens (primary N) is 1. The van der Waals surface area contributed by atoms with Crippen molar-refractivity contribution in [2.75, 3.05) is 4.90 Å². The lowest BCUT2D eigenvalue weighted by Crippen LogP contribution is -2.49. The van der Waals surface area contributed by atoms with E-state index in [0.29, 0.717) is 10.6 Å². The Morgan fingerprint density at radius 2 is 1.82 bits per heavy atom. The van der Waals surface area contributed by atoms with E-state index >= 15 is 4.39 Å². The Morgan fingerprint density at radius 3 is 2.41 bits per heavy atom. The number of hydrogen-bond donors (Lipinski definition) is 1. The molecule has 4 rings (SSSR count). The number of hydrogen-bond acceptors (Lipinski definition) is 7. The van der Waals surface area contributed by atoms with Gasteiger partial charge in [0.05, 0.1) is 27.9 Å². The van der Waals surface area contributed by atoms with Crippen LogP contribution in [-0.4, -0.2) is 35.8 Å². The monoisotopic (exact) mass is 506 g/mol. The molecule has 3 aromatic rings. The molecule has 0 aliphatic carbocycles. The summed E-state index contributed by atoms with van der Waals surface area (Å²) in [4.78, 5) is 14.2. The van der Waals surface area contributed by atoms with Gasteiger partial charge in [-0.1, -0.05) is 44.5 Å². The molecule has 1 amide bonds. The van der Waals surface area contributed by atoms with Gasteiger partial charge in [-0.25, -0.2) is 12.8 Å². The fourth-order valence-corrected chi connectivity index (χ4v) is 5.37. The Labute approximate surface area is 201 Å². The topological polar surface area (TPSA) is 119 Å². The lowest BCUT2D eigenvalue weighted by Gasteiger charge is -2.25. The SMILES string of the molecule is C[C@@H]1[C@H](N)C(=O)N(Cc2ccc(Cl)cc2)c2cc(-c3nnc(C(C)(C)C)o3)c(F)cc2S1(=O)=O. The smallest absolute Gasteiger partial charge is 0.250 e. The van der Waals surface area contributed by atoms with Crippen molar-refractivity contribution in [3.8, 4) is 11.5 Å². The largest absolute Gasteiger partial charge is 0.420 e. The highest BCUT2D eigenvalue weighted by Gasteiger charge is 2.42. The average Bonchev–Trinajstić information content (AvgIpc) is 3.26. The van der Waals surface area contributed by atoms with Crippen molar-refractivity contribution in [2.24, 2.45) is 5.73 Å². The second-order valence-electron chi connectivity index (χ2n) is 9.29. The molecule has 0 saturated heterocycles. The van der Waals surface area contributed by atoms with E-state index in [1.807, 2.05) is 20.8 Å². The Morgan fingerprint density at radius 1 is 1.18 bits per heavy atom. The van der Waals surface area contributed by atoms with E-state index in [1.165, 1.54) is 17.9 Å². The molecule has 0 unspecified atom stereocenters. The molecule has 8 nitrogen and oxygen atoms in total. The third kappa shape index (κ3) is 4.21. The number of rotatable bonds is 3. The number of aromatic nitrogens is 2. The molecule has 11 heteroatoms. The molecule has 2 atom stereocenters. The molecule has 0 radical (unpaired) electrons. The fraction of sp³-hybridized carbons (Fsp3) is 0.348. The second-order valence-corrected chi connectivity index (χ2v) is 12.0. The lowest BCUT2D eigenvalue weighted by molar-refractivity contribution is -0.119. The molecule has 0 bridgehead atoms. The highest BCUT2D eigenvalue weighted by molar-refractivity contribution is 7.92. The molecule has 34 heavy (non-hydrogen) atoms. The van der Waals surface area contributed by atoms with Crippen LogP contribution in [0.5, 0.6) is 0 Å². The minimum Gasteiger partial charge on any atom is -0.420 e. The molecule has 180 valence electrons. The van der Waals surface area contributed by atoms with Crippen LogP contribution < -0.4 is 10.6 Å². The van der Waals surface area contributed by atoms with Gasteiger partial charge < -0.3 is 15.1 Å². The Balaban J connectivity index is 1.92. The van der Waals surface area contributed by atoms with Crippen molar-refractivity contribution in [2.45, 2.75) is 55.8 Å². The van der Waals surface area contributed by atoms with Gasteiger partial charge in [-0.3, -0.25) is 4.79 Å². The van der Waals surface area contributed by atoms with E-state index in [0.717, 1.165) is 6.07 Å². The second kappa shape index (κ2) is 8.44. The molecule has 1 aliphatic rings. The third-order valence-electron chi connectivity index (χ3n) is 5.74. The van der Waals surface area contributed by atoms with E-state index in [-0.39, 0.29) is 34.5 Å². The number of halogens is 2. The Bertz CT molecular complexity index is 1370. The standard InChI is InChI=1S/C23H24ClFN4O4S/c1-12-19(26)21(30)29(11-13-5-7-14(24)8-6-13)17-9-15(16(25)10-18(17)34(12,31)32)20-27-28-22(33-20)23(2,3)4/h5-10,12,19H,11,26H2,1-4H3/t12-,19+/m1/s1. The summed E-state index contributed by atoms with van der Waals surface area (Å²) in [5, 5.41) is 7.18. The molecule has 2 N–H and O–H groups in total.